The number of nitrogens with one attached hydrogen (secondary N) is 2. The predicted molar refractivity (Wildman–Crippen MR) is 89.3 cm³/mol. The number of hydrogen-bond donors (Lipinski definition) is 2. The fourth-order valence-electron chi connectivity index (χ4n) is 2.13. The first-order valence-corrected chi connectivity index (χ1v) is 7.26. The van der Waals surface area contributed by atoms with Crippen molar-refractivity contribution in [1.82, 2.24) is 14.9 Å². The molecule has 0 unspecified atom stereocenters. The van der Waals surface area contributed by atoms with Gasteiger partial charge in [0.1, 0.15) is 12.7 Å². The van der Waals surface area contributed by atoms with E-state index in [2.05, 4.69) is 20.9 Å². The Bertz CT molecular complexity index is 857. The summed E-state index contributed by atoms with van der Waals surface area (Å²) in [5.74, 6) is -0.494. The molecule has 0 spiro atoms. The van der Waals surface area contributed by atoms with Crippen LogP contribution in [0.25, 0.3) is 0 Å². The summed E-state index contributed by atoms with van der Waals surface area (Å²) in [6.45, 7) is 1.93. The van der Waals surface area contributed by atoms with Gasteiger partial charge in [-0.05, 0) is 43.3 Å². The van der Waals surface area contributed by atoms with Crippen LogP contribution >= 0.6 is 0 Å². The minimum absolute atomic E-state index is 0.194. The fraction of sp³-hybridized carbons (Fsp3) is 0.0588. The molecule has 0 radical (unpaired) electrons. The zero-order valence-corrected chi connectivity index (χ0v) is 12.9. The second-order valence-corrected chi connectivity index (χ2v) is 5.21. The SMILES string of the molecule is Cc1cccc(C(=O)Nc2ccc(C(=O)Nn3cnnc3)cc2)c1. The first-order chi connectivity index (χ1) is 11.6. The molecule has 1 heterocycles. The third-order valence-corrected chi connectivity index (χ3v) is 3.33. The number of aromatic nitrogens is 3. The van der Waals surface area contributed by atoms with Gasteiger partial charge in [0.05, 0.1) is 0 Å². The van der Waals surface area contributed by atoms with E-state index in [1.54, 1.807) is 30.3 Å². The molecule has 0 aliphatic heterocycles. The molecule has 0 aliphatic rings. The van der Waals surface area contributed by atoms with Crippen LogP contribution in [0.1, 0.15) is 26.3 Å². The van der Waals surface area contributed by atoms with Crippen molar-refractivity contribution in [2.45, 2.75) is 6.92 Å². The molecule has 3 rings (SSSR count). The summed E-state index contributed by atoms with van der Waals surface area (Å²) in [6.07, 6.45) is 2.77. The van der Waals surface area contributed by atoms with E-state index in [4.69, 9.17) is 0 Å². The smallest absolute Gasteiger partial charge is 0.270 e. The summed E-state index contributed by atoms with van der Waals surface area (Å²) < 4.78 is 1.36. The van der Waals surface area contributed by atoms with E-state index >= 15 is 0 Å². The molecule has 0 fully saturated rings. The van der Waals surface area contributed by atoms with Crippen molar-refractivity contribution in [3.05, 3.63) is 77.9 Å². The van der Waals surface area contributed by atoms with Crippen LogP contribution in [0, 0.1) is 6.92 Å². The molecule has 1 aromatic heterocycles. The van der Waals surface area contributed by atoms with Crippen molar-refractivity contribution < 1.29 is 9.59 Å². The van der Waals surface area contributed by atoms with E-state index in [0.717, 1.165) is 5.56 Å². The predicted octanol–water partition coefficient (Wildman–Crippen LogP) is 2.22. The van der Waals surface area contributed by atoms with Crippen LogP contribution in [0.3, 0.4) is 0 Å². The molecule has 24 heavy (non-hydrogen) atoms. The second-order valence-electron chi connectivity index (χ2n) is 5.21. The summed E-state index contributed by atoms with van der Waals surface area (Å²) in [4.78, 5) is 24.2. The largest absolute Gasteiger partial charge is 0.322 e. The highest BCUT2D eigenvalue weighted by atomic mass is 16.2. The molecule has 7 nitrogen and oxygen atoms in total. The topological polar surface area (TPSA) is 88.9 Å². The van der Waals surface area contributed by atoms with Crippen LogP contribution in [0.2, 0.25) is 0 Å². The molecule has 3 aromatic rings. The number of benzene rings is 2. The number of carbonyl (C=O) groups excluding carboxylic acids is 2. The molecule has 0 atom stereocenters. The second kappa shape index (κ2) is 6.74. The molecule has 0 saturated heterocycles. The van der Waals surface area contributed by atoms with E-state index in [0.29, 0.717) is 16.8 Å². The molecule has 2 amide bonds. The lowest BCUT2D eigenvalue weighted by Crippen LogP contribution is -2.21. The number of amides is 2. The van der Waals surface area contributed by atoms with Crippen molar-refractivity contribution in [2.75, 3.05) is 10.7 Å². The van der Waals surface area contributed by atoms with Crippen LogP contribution in [0.15, 0.2) is 61.2 Å². The maximum Gasteiger partial charge on any atom is 0.270 e. The minimum Gasteiger partial charge on any atom is -0.322 e. The number of anilines is 1. The van der Waals surface area contributed by atoms with E-state index in [1.807, 2.05) is 25.1 Å². The number of hydrogen-bond acceptors (Lipinski definition) is 4. The normalized spacial score (nSPS) is 10.2. The monoisotopic (exact) mass is 321 g/mol. The maximum absolute atomic E-state index is 12.2. The number of nitrogens with zero attached hydrogens (tertiary/aromatic N) is 3. The maximum atomic E-state index is 12.2. The highest BCUT2D eigenvalue weighted by Gasteiger charge is 2.08. The number of aryl methyl sites for hydroxylation is 1. The Morgan fingerprint density at radius 3 is 2.29 bits per heavy atom. The van der Waals surface area contributed by atoms with Crippen molar-refractivity contribution in [2.24, 2.45) is 0 Å². The van der Waals surface area contributed by atoms with Crippen LogP contribution in [-0.2, 0) is 0 Å². The van der Waals surface area contributed by atoms with Crippen LogP contribution in [-0.4, -0.2) is 26.7 Å². The average Bonchev–Trinajstić information content (AvgIpc) is 3.08. The van der Waals surface area contributed by atoms with Crippen LogP contribution in [0.4, 0.5) is 5.69 Å². The zero-order valence-electron chi connectivity index (χ0n) is 12.9. The van der Waals surface area contributed by atoms with Gasteiger partial charge in [0, 0.05) is 16.8 Å². The van der Waals surface area contributed by atoms with Gasteiger partial charge in [0.2, 0.25) is 0 Å². The molecule has 0 bridgehead atoms. The van der Waals surface area contributed by atoms with Crippen molar-refractivity contribution >= 4 is 17.5 Å². The molecule has 120 valence electrons. The number of rotatable bonds is 4. The molecule has 0 aliphatic carbocycles. The summed E-state index contributed by atoms with van der Waals surface area (Å²) in [7, 11) is 0. The zero-order chi connectivity index (χ0) is 16.9. The molecule has 2 aromatic carbocycles. The van der Waals surface area contributed by atoms with Crippen LogP contribution in [0.5, 0.6) is 0 Å². The average molecular weight is 321 g/mol. The van der Waals surface area contributed by atoms with Crippen molar-refractivity contribution in [3.63, 3.8) is 0 Å². The van der Waals surface area contributed by atoms with Crippen molar-refractivity contribution in [3.8, 4) is 0 Å². The molecule has 2 N–H and O–H groups in total. The first-order valence-electron chi connectivity index (χ1n) is 7.26. The summed E-state index contributed by atoms with van der Waals surface area (Å²) in [5.41, 5.74) is 5.27. The van der Waals surface area contributed by atoms with E-state index in [1.165, 1.54) is 17.3 Å². The third-order valence-electron chi connectivity index (χ3n) is 3.33. The summed E-state index contributed by atoms with van der Waals surface area (Å²) in [5, 5.41) is 10.0. The standard InChI is InChI=1S/C17H15N5O2/c1-12-3-2-4-14(9-12)16(23)20-15-7-5-13(6-8-15)17(24)21-22-10-18-19-11-22/h2-11H,1H3,(H,20,23)(H,21,24). The first kappa shape index (κ1) is 15.4. The quantitative estimate of drug-likeness (QED) is 0.771. The van der Waals surface area contributed by atoms with Gasteiger partial charge in [-0.1, -0.05) is 17.7 Å². The van der Waals surface area contributed by atoms with Gasteiger partial charge in [-0.2, -0.15) is 0 Å². The highest BCUT2D eigenvalue weighted by Crippen LogP contribution is 2.12. The molecular formula is C17H15N5O2. The van der Waals surface area contributed by atoms with E-state index in [9.17, 15) is 9.59 Å². The van der Waals surface area contributed by atoms with Gasteiger partial charge in [-0.3, -0.25) is 15.0 Å². The lowest BCUT2D eigenvalue weighted by Gasteiger charge is -2.08. The van der Waals surface area contributed by atoms with Gasteiger partial charge in [0.15, 0.2) is 0 Å². The van der Waals surface area contributed by atoms with Gasteiger partial charge < -0.3 is 5.32 Å². The molecule has 0 saturated carbocycles. The lowest BCUT2D eigenvalue weighted by molar-refractivity contribution is 0.100. The molecular weight excluding hydrogens is 306 g/mol. The van der Waals surface area contributed by atoms with E-state index < -0.39 is 0 Å². The van der Waals surface area contributed by atoms with Gasteiger partial charge >= 0.3 is 0 Å². The summed E-state index contributed by atoms with van der Waals surface area (Å²) >= 11 is 0. The summed E-state index contributed by atoms with van der Waals surface area (Å²) in [6, 6.07) is 13.9. The Morgan fingerprint density at radius 2 is 1.62 bits per heavy atom. The Kier molecular flexibility index (Phi) is 4.33. The Balaban J connectivity index is 1.66. The van der Waals surface area contributed by atoms with Crippen molar-refractivity contribution in [1.29, 1.82) is 0 Å². The molecule has 7 heteroatoms. The fourth-order valence-corrected chi connectivity index (χ4v) is 2.13. The Morgan fingerprint density at radius 1 is 0.917 bits per heavy atom. The van der Waals surface area contributed by atoms with Gasteiger partial charge in [0.25, 0.3) is 11.8 Å². The minimum atomic E-state index is -0.300. The number of carbonyl (C=O) groups is 2. The van der Waals surface area contributed by atoms with E-state index in [-0.39, 0.29) is 11.8 Å². The highest BCUT2D eigenvalue weighted by molar-refractivity contribution is 6.05. The lowest BCUT2D eigenvalue weighted by atomic mass is 10.1. The Labute approximate surface area is 138 Å². The van der Waals surface area contributed by atoms with Crippen LogP contribution < -0.4 is 10.7 Å². The Hall–Kier alpha value is -3.48. The third kappa shape index (κ3) is 3.64. The van der Waals surface area contributed by atoms with Gasteiger partial charge in [-0.25, -0.2) is 4.68 Å². The van der Waals surface area contributed by atoms with Gasteiger partial charge in [-0.15, -0.1) is 10.2 Å².